The van der Waals surface area contributed by atoms with Gasteiger partial charge < -0.3 is 21.1 Å². The molecule has 0 radical (unpaired) electrons. The zero-order chi connectivity index (χ0) is 22.3. The van der Waals surface area contributed by atoms with Crippen molar-refractivity contribution in [3.63, 3.8) is 0 Å². The molecule has 4 N–H and O–H groups in total. The normalized spacial score (nSPS) is 14.8. The van der Waals surface area contributed by atoms with Crippen LogP contribution in [0, 0.1) is 5.92 Å². The Balaban J connectivity index is 1.41. The minimum atomic E-state index is -0.0919. The van der Waals surface area contributed by atoms with E-state index < -0.39 is 0 Å². The first-order valence-electron chi connectivity index (χ1n) is 10.7. The van der Waals surface area contributed by atoms with E-state index in [1.54, 1.807) is 18.3 Å². The van der Waals surface area contributed by atoms with E-state index in [9.17, 15) is 9.59 Å². The molecule has 1 heterocycles. The first-order valence-corrected chi connectivity index (χ1v) is 10.7. The molecule has 7 heteroatoms. The molecule has 164 valence electrons. The van der Waals surface area contributed by atoms with Gasteiger partial charge in [0.05, 0.1) is 0 Å². The summed E-state index contributed by atoms with van der Waals surface area (Å²) in [5, 5.41) is 5.55. The molecular weight excluding hydrogens is 404 g/mol. The second-order valence-electron chi connectivity index (χ2n) is 7.84. The highest BCUT2D eigenvalue weighted by atomic mass is 16.5. The Morgan fingerprint density at radius 2 is 1.91 bits per heavy atom. The topological polar surface area (TPSA) is 106 Å². The van der Waals surface area contributed by atoms with E-state index in [1.807, 2.05) is 36.4 Å². The number of nitrogens with one attached hydrogen (secondary N) is 2. The molecule has 2 aromatic carbocycles. The standard InChI is InChI=1S/C25H26N4O3/c26-11-9-17-1-6-21(7-2-17)29-25(31)19-4-3-18-5-8-22(14-20(18)13-19)32-23-10-12-27-24(15-23)28-16-30/h1-2,5-8,10,12,14-16,19H,3-4,9,11,13,26H2,(H,29,31)(H,27,28,30). The van der Waals surface area contributed by atoms with Crippen molar-refractivity contribution in [2.24, 2.45) is 11.7 Å². The Kier molecular flexibility index (Phi) is 6.77. The van der Waals surface area contributed by atoms with Crippen molar-refractivity contribution in [2.45, 2.75) is 25.7 Å². The van der Waals surface area contributed by atoms with Gasteiger partial charge in [-0.15, -0.1) is 0 Å². The van der Waals surface area contributed by atoms with E-state index in [-0.39, 0.29) is 11.8 Å². The van der Waals surface area contributed by atoms with Gasteiger partial charge in [-0.3, -0.25) is 9.59 Å². The number of anilines is 2. The molecule has 32 heavy (non-hydrogen) atoms. The Morgan fingerprint density at radius 3 is 2.69 bits per heavy atom. The van der Waals surface area contributed by atoms with E-state index in [0.717, 1.165) is 36.1 Å². The van der Waals surface area contributed by atoms with Crippen molar-refractivity contribution < 1.29 is 14.3 Å². The van der Waals surface area contributed by atoms with Crippen molar-refractivity contribution in [2.75, 3.05) is 17.2 Å². The van der Waals surface area contributed by atoms with Crippen LogP contribution in [0.15, 0.2) is 60.8 Å². The Bertz CT molecular complexity index is 1100. The maximum atomic E-state index is 12.9. The third-order valence-electron chi connectivity index (χ3n) is 5.61. The van der Waals surface area contributed by atoms with Crippen LogP contribution in [0.1, 0.15) is 23.1 Å². The number of nitrogens with zero attached hydrogens (tertiary/aromatic N) is 1. The Labute approximate surface area is 187 Å². The fourth-order valence-corrected chi connectivity index (χ4v) is 3.94. The van der Waals surface area contributed by atoms with E-state index in [2.05, 4.69) is 21.7 Å². The van der Waals surface area contributed by atoms with Crippen LogP contribution in [0.5, 0.6) is 11.5 Å². The first kappa shape index (κ1) is 21.5. The van der Waals surface area contributed by atoms with Gasteiger partial charge in [0.15, 0.2) is 0 Å². The fourth-order valence-electron chi connectivity index (χ4n) is 3.94. The zero-order valence-electron chi connectivity index (χ0n) is 17.7. The predicted molar refractivity (Wildman–Crippen MR) is 124 cm³/mol. The van der Waals surface area contributed by atoms with Gasteiger partial charge in [0.1, 0.15) is 17.3 Å². The molecule has 1 unspecified atom stereocenters. The molecule has 1 aliphatic carbocycles. The van der Waals surface area contributed by atoms with Gasteiger partial charge in [-0.05, 0) is 79.3 Å². The number of carbonyl (C=O) groups is 2. The van der Waals surface area contributed by atoms with Crippen LogP contribution < -0.4 is 21.1 Å². The van der Waals surface area contributed by atoms with Crippen LogP contribution in [0.2, 0.25) is 0 Å². The lowest BCUT2D eigenvalue weighted by atomic mass is 9.83. The lowest BCUT2D eigenvalue weighted by Crippen LogP contribution is -2.28. The second-order valence-corrected chi connectivity index (χ2v) is 7.84. The number of pyridine rings is 1. The van der Waals surface area contributed by atoms with Crippen molar-refractivity contribution in [1.29, 1.82) is 0 Å². The van der Waals surface area contributed by atoms with Gasteiger partial charge in [-0.2, -0.15) is 0 Å². The van der Waals surface area contributed by atoms with Crippen LogP contribution >= 0.6 is 0 Å². The monoisotopic (exact) mass is 430 g/mol. The van der Waals surface area contributed by atoms with Crippen LogP contribution in [0.25, 0.3) is 0 Å². The maximum Gasteiger partial charge on any atom is 0.227 e. The molecule has 0 spiro atoms. The summed E-state index contributed by atoms with van der Waals surface area (Å²) in [6.07, 6.45) is 5.30. The third kappa shape index (κ3) is 5.31. The van der Waals surface area contributed by atoms with Crippen LogP contribution in [-0.4, -0.2) is 23.8 Å². The highest BCUT2D eigenvalue weighted by Crippen LogP contribution is 2.31. The van der Waals surface area contributed by atoms with Gasteiger partial charge in [0.25, 0.3) is 0 Å². The van der Waals surface area contributed by atoms with Gasteiger partial charge in [0.2, 0.25) is 12.3 Å². The molecule has 0 saturated carbocycles. The number of fused-ring (bicyclic) bond motifs is 1. The zero-order valence-corrected chi connectivity index (χ0v) is 17.7. The van der Waals surface area contributed by atoms with E-state index in [0.29, 0.717) is 36.7 Å². The average molecular weight is 431 g/mol. The fraction of sp³-hybridized carbons (Fsp3) is 0.240. The van der Waals surface area contributed by atoms with Crippen LogP contribution in [0.4, 0.5) is 11.5 Å². The summed E-state index contributed by atoms with van der Waals surface area (Å²) in [6.45, 7) is 0.608. The maximum absolute atomic E-state index is 12.9. The molecule has 0 aliphatic heterocycles. The SMILES string of the molecule is NCCc1ccc(NC(=O)C2CCc3ccc(Oc4ccnc(NC=O)c4)cc3C2)cc1. The van der Waals surface area contributed by atoms with Gasteiger partial charge >= 0.3 is 0 Å². The van der Waals surface area contributed by atoms with Gasteiger partial charge in [-0.25, -0.2) is 4.98 Å². The summed E-state index contributed by atoms with van der Waals surface area (Å²) in [7, 11) is 0. The lowest BCUT2D eigenvalue weighted by Gasteiger charge is -2.24. The quantitative estimate of drug-likeness (QED) is 0.473. The van der Waals surface area contributed by atoms with E-state index in [1.165, 1.54) is 5.56 Å². The van der Waals surface area contributed by atoms with Gasteiger partial charge in [0, 0.05) is 23.9 Å². The van der Waals surface area contributed by atoms with Gasteiger partial charge in [-0.1, -0.05) is 18.2 Å². The summed E-state index contributed by atoms with van der Waals surface area (Å²) in [4.78, 5) is 27.5. The molecule has 0 bridgehead atoms. The van der Waals surface area contributed by atoms with Crippen molar-refractivity contribution >= 4 is 23.8 Å². The molecule has 4 rings (SSSR count). The number of ether oxygens (including phenoxy) is 1. The Morgan fingerprint density at radius 1 is 1.09 bits per heavy atom. The van der Waals surface area contributed by atoms with Crippen LogP contribution in [0.3, 0.4) is 0 Å². The number of aryl methyl sites for hydroxylation is 1. The number of rotatable bonds is 8. The van der Waals surface area contributed by atoms with Crippen LogP contribution in [-0.2, 0) is 28.9 Å². The second kappa shape index (κ2) is 10.1. The summed E-state index contributed by atoms with van der Waals surface area (Å²) < 4.78 is 5.95. The lowest BCUT2D eigenvalue weighted by molar-refractivity contribution is -0.120. The van der Waals surface area contributed by atoms with Crippen molar-refractivity contribution in [1.82, 2.24) is 4.98 Å². The molecule has 7 nitrogen and oxygen atoms in total. The van der Waals surface area contributed by atoms with E-state index in [4.69, 9.17) is 10.5 Å². The number of hydrogen-bond acceptors (Lipinski definition) is 5. The number of aromatic nitrogens is 1. The number of carbonyl (C=O) groups excluding carboxylic acids is 2. The Hall–Kier alpha value is -3.71. The molecule has 1 atom stereocenters. The predicted octanol–water partition coefficient (Wildman–Crippen LogP) is 3.69. The average Bonchev–Trinajstić information content (AvgIpc) is 2.80. The van der Waals surface area contributed by atoms with E-state index >= 15 is 0 Å². The number of hydrogen-bond donors (Lipinski definition) is 3. The van der Waals surface area contributed by atoms with Crippen molar-refractivity contribution in [3.8, 4) is 11.5 Å². The number of nitrogens with two attached hydrogens (primary N) is 1. The summed E-state index contributed by atoms with van der Waals surface area (Å²) >= 11 is 0. The number of amides is 2. The number of benzene rings is 2. The summed E-state index contributed by atoms with van der Waals surface area (Å²) in [5.41, 5.74) is 9.91. The molecule has 2 amide bonds. The smallest absolute Gasteiger partial charge is 0.227 e. The van der Waals surface area contributed by atoms with Crippen molar-refractivity contribution in [3.05, 3.63) is 77.5 Å². The minimum absolute atomic E-state index is 0.0345. The third-order valence-corrected chi connectivity index (χ3v) is 5.61. The molecular formula is C25H26N4O3. The molecule has 0 fully saturated rings. The first-order chi connectivity index (χ1) is 15.6. The summed E-state index contributed by atoms with van der Waals surface area (Å²) in [5.74, 6) is 1.62. The largest absolute Gasteiger partial charge is 0.457 e. The molecule has 1 aliphatic rings. The highest BCUT2D eigenvalue weighted by molar-refractivity contribution is 5.93. The highest BCUT2D eigenvalue weighted by Gasteiger charge is 2.25. The molecule has 1 aromatic heterocycles. The minimum Gasteiger partial charge on any atom is -0.457 e. The summed E-state index contributed by atoms with van der Waals surface area (Å²) in [6, 6.07) is 17.2. The molecule has 3 aromatic rings. The molecule has 0 saturated heterocycles.